The molecule has 2 N–H and O–H groups in total. The second kappa shape index (κ2) is 9.70. The summed E-state index contributed by atoms with van der Waals surface area (Å²) < 4.78 is 32.7. The van der Waals surface area contributed by atoms with Gasteiger partial charge >= 0.3 is 6.09 Å². The molecule has 0 spiro atoms. The fourth-order valence-corrected chi connectivity index (χ4v) is 4.11. The van der Waals surface area contributed by atoms with Crippen molar-refractivity contribution in [3.63, 3.8) is 0 Å². The Morgan fingerprint density at radius 3 is 2.33 bits per heavy atom. The molecule has 0 atom stereocenters. The van der Waals surface area contributed by atoms with Gasteiger partial charge in [-0.1, -0.05) is 6.92 Å². The summed E-state index contributed by atoms with van der Waals surface area (Å²) in [6.45, 7) is 5.49. The van der Waals surface area contributed by atoms with Gasteiger partial charge in [-0.2, -0.15) is 0 Å². The third-order valence-electron chi connectivity index (χ3n) is 4.31. The summed E-state index contributed by atoms with van der Waals surface area (Å²) in [7, 11) is -3.68. The molecule has 9 heteroatoms. The number of nitrogens with zero attached hydrogens (tertiary/aromatic N) is 1. The highest BCUT2D eigenvalue weighted by atomic mass is 32.2. The monoisotopic (exact) mass is 397 g/mol. The van der Waals surface area contributed by atoms with Gasteiger partial charge in [0.2, 0.25) is 10.0 Å². The minimum atomic E-state index is -3.68. The molecule has 2 amide bonds. The van der Waals surface area contributed by atoms with Crippen LogP contribution in [-0.2, 0) is 14.8 Å². The molecule has 27 heavy (non-hydrogen) atoms. The predicted molar refractivity (Wildman–Crippen MR) is 101 cm³/mol. The maximum absolute atomic E-state index is 12.6. The number of hydrogen-bond donors (Lipinski definition) is 2. The Morgan fingerprint density at radius 1 is 1.15 bits per heavy atom. The highest BCUT2D eigenvalue weighted by molar-refractivity contribution is 7.89. The maximum atomic E-state index is 12.6. The minimum absolute atomic E-state index is 0.113. The van der Waals surface area contributed by atoms with Crippen LogP contribution in [0.5, 0.6) is 0 Å². The summed E-state index contributed by atoms with van der Waals surface area (Å²) in [5, 5.41) is 2.75. The summed E-state index contributed by atoms with van der Waals surface area (Å²) in [5.41, 5.74) is 0.421. The predicted octanol–water partition coefficient (Wildman–Crippen LogP) is 1.73. The molecule has 2 rings (SSSR count). The molecule has 8 nitrogen and oxygen atoms in total. The maximum Gasteiger partial charge on any atom is 0.409 e. The Balaban J connectivity index is 1.93. The van der Waals surface area contributed by atoms with Crippen molar-refractivity contribution >= 4 is 22.0 Å². The Hall–Kier alpha value is -2.13. The average Bonchev–Trinajstić information content (AvgIpc) is 2.66. The van der Waals surface area contributed by atoms with E-state index in [-0.39, 0.29) is 22.9 Å². The summed E-state index contributed by atoms with van der Waals surface area (Å²) in [6.07, 6.45) is 1.51. The molecule has 0 aromatic heterocycles. The molecule has 0 radical (unpaired) electrons. The lowest BCUT2D eigenvalue weighted by Gasteiger charge is -2.31. The van der Waals surface area contributed by atoms with E-state index in [9.17, 15) is 18.0 Å². The first-order valence-electron chi connectivity index (χ1n) is 9.19. The van der Waals surface area contributed by atoms with Crippen LogP contribution < -0.4 is 10.0 Å². The third-order valence-corrected chi connectivity index (χ3v) is 5.84. The van der Waals surface area contributed by atoms with Crippen LogP contribution >= 0.6 is 0 Å². The lowest BCUT2D eigenvalue weighted by Crippen LogP contribution is -2.46. The minimum Gasteiger partial charge on any atom is -0.450 e. The van der Waals surface area contributed by atoms with Crippen molar-refractivity contribution < 1.29 is 22.7 Å². The van der Waals surface area contributed by atoms with Gasteiger partial charge in [-0.15, -0.1) is 0 Å². The van der Waals surface area contributed by atoms with Crippen LogP contribution in [0.2, 0.25) is 0 Å². The fourth-order valence-electron chi connectivity index (χ4n) is 2.81. The molecule has 0 bridgehead atoms. The van der Waals surface area contributed by atoms with E-state index in [0.717, 1.165) is 6.42 Å². The number of ether oxygens (including phenoxy) is 1. The summed E-state index contributed by atoms with van der Waals surface area (Å²) in [6, 6.07) is 5.62. The number of carbonyl (C=O) groups excluding carboxylic acids is 2. The first-order chi connectivity index (χ1) is 12.9. The van der Waals surface area contributed by atoms with Crippen molar-refractivity contribution in [1.82, 2.24) is 14.9 Å². The van der Waals surface area contributed by atoms with Gasteiger partial charge in [-0.05, 0) is 50.5 Å². The van der Waals surface area contributed by atoms with E-state index in [1.54, 1.807) is 11.8 Å². The molecule has 1 fully saturated rings. The Kier molecular flexibility index (Phi) is 7.61. The van der Waals surface area contributed by atoms with Crippen molar-refractivity contribution in [1.29, 1.82) is 0 Å². The van der Waals surface area contributed by atoms with Crippen LogP contribution in [-0.4, -0.2) is 57.6 Å². The van der Waals surface area contributed by atoms with Gasteiger partial charge in [0.15, 0.2) is 0 Å². The van der Waals surface area contributed by atoms with Crippen LogP contribution in [0.3, 0.4) is 0 Å². The molecule has 1 aromatic rings. The molecule has 1 heterocycles. The molecule has 0 saturated carbocycles. The number of piperidine rings is 1. The standard InChI is InChI=1S/C18H27N3O5S/c1-3-11-19-17(22)14-5-7-16(8-6-14)27(24,25)20-15-9-12-21(13-10-15)18(23)26-4-2/h5-8,15,20H,3-4,9-13H2,1-2H3,(H,19,22). The highest BCUT2D eigenvalue weighted by Crippen LogP contribution is 2.16. The zero-order valence-corrected chi connectivity index (χ0v) is 16.5. The van der Waals surface area contributed by atoms with Gasteiger partial charge < -0.3 is 15.0 Å². The second-order valence-corrected chi connectivity index (χ2v) is 8.08. The van der Waals surface area contributed by atoms with E-state index in [2.05, 4.69) is 10.0 Å². The van der Waals surface area contributed by atoms with Crippen LogP contribution in [0, 0.1) is 0 Å². The number of benzene rings is 1. The van der Waals surface area contributed by atoms with Gasteiger partial charge in [0.05, 0.1) is 11.5 Å². The van der Waals surface area contributed by atoms with Gasteiger partial charge in [-0.3, -0.25) is 4.79 Å². The average molecular weight is 397 g/mol. The molecule has 1 aliphatic heterocycles. The van der Waals surface area contributed by atoms with Gasteiger partial charge in [-0.25, -0.2) is 17.9 Å². The number of nitrogens with one attached hydrogen (secondary N) is 2. The third kappa shape index (κ3) is 5.93. The molecule has 1 aliphatic rings. The topological polar surface area (TPSA) is 105 Å². The first-order valence-corrected chi connectivity index (χ1v) is 10.7. The molecule has 0 aliphatic carbocycles. The van der Waals surface area contributed by atoms with Crippen molar-refractivity contribution in [3.05, 3.63) is 29.8 Å². The fraction of sp³-hybridized carbons (Fsp3) is 0.556. The van der Waals surface area contributed by atoms with E-state index in [1.165, 1.54) is 24.3 Å². The van der Waals surface area contributed by atoms with Crippen molar-refractivity contribution in [2.75, 3.05) is 26.2 Å². The number of carbonyl (C=O) groups is 2. The zero-order chi connectivity index (χ0) is 19.9. The number of likely N-dealkylation sites (tertiary alicyclic amines) is 1. The molecule has 0 unspecified atom stereocenters. The largest absolute Gasteiger partial charge is 0.450 e. The molecule has 1 saturated heterocycles. The van der Waals surface area contributed by atoms with Crippen LogP contribution in [0.25, 0.3) is 0 Å². The number of amides is 2. The van der Waals surface area contributed by atoms with Crippen molar-refractivity contribution in [2.24, 2.45) is 0 Å². The number of hydrogen-bond acceptors (Lipinski definition) is 5. The Bertz CT molecular complexity index is 741. The van der Waals surface area contributed by atoms with Gasteiger partial charge in [0, 0.05) is 31.2 Å². The van der Waals surface area contributed by atoms with E-state index in [1.807, 2.05) is 6.92 Å². The zero-order valence-electron chi connectivity index (χ0n) is 15.7. The molecule has 1 aromatic carbocycles. The van der Waals surface area contributed by atoms with E-state index >= 15 is 0 Å². The lowest BCUT2D eigenvalue weighted by molar-refractivity contribution is 0.0949. The SMILES string of the molecule is CCCNC(=O)c1ccc(S(=O)(=O)NC2CCN(C(=O)OCC)CC2)cc1. The van der Waals surface area contributed by atoms with Gasteiger partial charge in [0.1, 0.15) is 0 Å². The van der Waals surface area contributed by atoms with Gasteiger partial charge in [0.25, 0.3) is 5.91 Å². The van der Waals surface area contributed by atoms with Crippen molar-refractivity contribution in [3.8, 4) is 0 Å². The normalized spacial score (nSPS) is 15.4. The van der Waals surface area contributed by atoms with Crippen LogP contribution in [0.1, 0.15) is 43.5 Å². The van der Waals surface area contributed by atoms with Crippen molar-refractivity contribution in [2.45, 2.75) is 44.0 Å². The smallest absolute Gasteiger partial charge is 0.409 e. The van der Waals surface area contributed by atoms with Crippen LogP contribution in [0.15, 0.2) is 29.2 Å². The lowest BCUT2D eigenvalue weighted by atomic mass is 10.1. The number of sulfonamides is 1. The number of rotatable bonds is 7. The Morgan fingerprint density at radius 2 is 1.78 bits per heavy atom. The van der Waals surface area contributed by atoms with E-state index < -0.39 is 10.0 Å². The van der Waals surface area contributed by atoms with E-state index in [0.29, 0.717) is 44.6 Å². The summed E-state index contributed by atoms with van der Waals surface area (Å²) in [4.78, 5) is 25.3. The van der Waals surface area contributed by atoms with E-state index in [4.69, 9.17) is 4.74 Å². The van der Waals surface area contributed by atoms with Crippen LogP contribution in [0.4, 0.5) is 4.79 Å². The molecule has 150 valence electrons. The molecular formula is C18H27N3O5S. The highest BCUT2D eigenvalue weighted by Gasteiger charge is 2.27. The quantitative estimate of drug-likeness (QED) is 0.729. The molecular weight excluding hydrogens is 370 g/mol. The summed E-state index contributed by atoms with van der Waals surface area (Å²) in [5.74, 6) is -0.222. The summed E-state index contributed by atoms with van der Waals surface area (Å²) >= 11 is 0. The second-order valence-electron chi connectivity index (χ2n) is 6.36. The Labute approximate surface area is 160 Å². The first kappa shape index (κ1) is 21.2.